The number of nitrogens with zero attached hydrogens (tertiary/aromatic N) is 4. The summed E-state index contributed by atoms with van der Waals surface area (Å²) >= 11 is 0. The molecule has 2 unspecified atom stereocenters. The highest BCUT2D eigenvalue weighted by Crippen LogP contribution is 2.16. The molecule has 1 fully saturated rings. The van der Waals surface area contributed by atoms with Crippen molar-refractivity contribution in [2.75, 3.05) is 0 Å². The van der Waals surface area contributed by atoms with Gasteiger partial charge in [0.2, 0.25) is 5.91 Å². The zero-order valence-electron chi connectivity index (χ0n) is 15.7. The molecular weight excluding hydrogens is 376 g/mol. The summed E-state index contributed by atoms with van der Waals surface area (Å²) in [4.78, 5) is 38.0. The molecule has 1 aliphatic rings. The molecule has 4 rings (SSSR count). The molecule has 4 amide bonds. The highest BCUT2D eigenvalue weighted by Gasteiger charge is 2.38. The maximum absolute atomic E-state index is 12.5. The maximum Gasteiger partial charge on any atom is 0.325 e. The lowest BCUT2D eigenvalue weighted by Gasteiger charge is -2.14. The number of hydrogen-bond acceptors (Lipinski definition) is 6. The lowest BCUT2D eigenvalue weighted by molar-refractivity contribution is -0.128. The number of furan rings is 1. The van der Waals surface area contributed by atoms with E-state index in [-0.39, 0.29) is 37.2 Å². The standard InChI is InChI=1S/C19H20N6O4/c1-12(17-23-22-15-6-2-3-9-24(15)17)20-16(26)8-7-14-18(27)25(19(28)21-14)11-13-5-4-10-29-13/h2-6,9-10,12,14H,7-8,11H2,1H3,(H,20,26)(H,21,28). The SMILES string of the molecule is CC(NC(=O)CCC1NC(=O)N(Cc2ccco2)C1=O)c1nnc2ccccn12. The first-order chi connectivity index (χ1) is 14.0. The van der Waals surface area contributed by atoms with Crippen LogP contribution in [0.3, 0.4) is 0 Å². The average Bonchev–Trinajstić information content (AvgIpc) is 3.42. The fourth-order valence-corrected chi connectivity index (χ4v) is 3.29. The second-order valence-corrected chi connectivity index (χ2v) is 6.82. The zero-order chi connectivity index (χ0) is 20.4. The van der Waals surface area contributed by atoms with Gasteiger partial charge in [0, 0.05) is 12.6 Å². The number of imide groups is 1. The zero-order valence-corrected chi connectivity index (χ0v) is 15.7. The molecule has 0 saturated carbocycles. The van der Waals surface area contributed by atoms with E-state index in [9.17, 15) is 14.4 Å². The van der Waals surface area contributed by atoms with Crippen LogP contribution in [0.4, 0.5) is 4.79 Å². The van der Waals surface area contributed by atoms with Crippen LogP contribution >= 0.6 is 0 Å². The van der Waals surface area contributed by atoms with Crippen LogP contribution in [-0.2, 0) is 16.1 Å². The first-order valence-corrected chi connectivity index (χ1v) is 9.26. The Morgan fingerprint density at radius 2 is 2.14 bits per heavy atom. The Morgan fingerprint density at radius 1 is 1.28 bits per heavy atom. The van der Waals surface area contributed by atoms with Crippen LogP contribution in [0.1, 0.15) is 37.4 Å². The number of pyridine rings is 1. The Hall–Kier alpha value is -3.69. The fourth-order valence-electron chi connectivity index (χ4n) is 3.29. The Balaban J connectivity index is 1.31. The van der Waals surface area contributed by atoms with Crippen molar-refractivity contribution < 1.29 is 18.8 Å². The molecule has 0 bridgehead atoms. The van der Waals surface area contributed by atoms with Gasteiger partial charge >= 0.3 is 6.03 Å². The number of aromatic nitrogens is 3. The molecule has 1 saturated heterocycles. The average molecular weight is 396 g/mol. The third kappa shape index (κ3) is 3.82. The van der Waals surface area contributed by atoms with Gasteiger partial charge in [-0.2, -0.15) is 0 Å². The number of hydrogen-bond donors (Lipinski definition) is 2. The third-order valence-corrected chi connectivity index (χ3v) is 4.77. The summed E-state index contributed by atoms with van der Waals surface area (Å²) in [5.41, 5.74) is 0.694. The number of amides is 4. The van der Waals surface area contributed by atoms with E-state index in [4.69, 9.17) is 4.42 Å². The van der Waals surface area contributed by atoms with Crippen LogP contribution in [0.2, 0.25) is 0 Å². The van der Waals surface area contributed by atoms with Gasteiger partial charge in [0.15, 0.2) is 11.5 Å². The number of nitrogens with one attached hydrogen (secondary N) is 2. The first kappa shape index (κ1) is 18.7. The van der Waals surface area contributed by atoms with Crippen LogP contribution in [0, 0.1) is 0 Å². The molecule has 2 atom stereocenters. The van der Waals surface area contributed by atoms with Crippen molar-refractivity contribution in [1.29, 1.82) is 0 Å². The van der Waals surface area contributed by atoms with Crippen molar-refractivity contribution in [1.82, 2.24) is 30.1 Å². The van der Waals surface area contributed by atoms with Crippen molar-refractivity contribution in [3.8, 4) is 0 Å². The lowest BCUT2D eigenvalue weighted by atomic mass is 10.1. The van der Waals surface area contributed by atoms with E-state index in [1.54, 1.807) is 16.5 Å². The number of carbonyl (C=O) groups is 3. The monoisotopic (exact) mass is 396 g/mol. The summed E-state index contributed by atoms with van der Waals surface area (Å²) in [6, 6.07) is 7.35. The molecule has 150 valence electrons. The summed E-state index contributed by atoms with van der Waals surface area (Å²) < 4.78 is 6.99. The summed E-state index contributed by atoms with van der Waals surface area (Å²) in [5, 5.41) is 13.7. The Kier molecular flexibility index (Phi) is 4.98. The van der Waals surface area contributed by atoms with Gasteiger partial charge in [-0.3, -0.25) is 18.9 Å². The Labute approximate surface area is 165 Å². The molecule has 3 aromatic rings. The molecule has 0 radical (unpaired) electrons. The topological polar surface area (TPSA) is 122 Å². The van der Waals surface area contributed by atoms with Gasteiger partial charge in [-0.25, -0.2) is 4.79 Å². The molecule has 4 heterocycles. The predicted octanol–water partition coefficient (Wildman–Crippen LogP) is 1.40. The second kappa shape index (κ2) is 7.74. The lowest BCUT2D eigenvalue weighted by Crippen LogP contribution is -2.33. The summed E-state index contributed by atoms with van der Waals surface area (Å²) in [6.07, 6.45) is 3.60. The molecule has 10 heteroatoms. The fraction of sp³-hybridized carbons (Fsp3) is 0.316. The number of urea groups is 1. The van der Waals surface area contributed by atoms with Crippen molar-refractivity contribution in [2.45, 2.75) is 38.4 Å². The molecular formula is C19H20N6O4. The van der Waals surface area contributed by atoms with E-state index in [0.29, 0.717) is 17.2 Å². The van der Waals surface area contributed by atoms with Crippen LogP contribution in [0.5, 0.6) is 0 Å². The van der Waals surface area contributed by atoms with E-state index >= 15 is 0 Å². The van der Waals surface area contributed by atoms with Crippen LogP contribution in [0.25, 0.3) is 5.65 Å². The van der Waals surface area contributed by atoms with Crippen molar-refractivity contribution in [3.63, 3.8) is 0 Å². The summed E-state index contributed by atoms with van der Waals surface area (Å²) in [7, 11) is 0. The van der Waals surface area contributed by atoms with E-state index in [1.807, 2.05) is 31.3 Å². The van der Waals surface area contributed by atoms with E-state index in [2.05, 4.69) is 20.8 Å². The normalized spacial score (nSPS) is 17.6. The molecule has 0 aromatic carbocycles. The largest absolute Gasteiger partial charge is 0.467 e. The van der Waals surface area contributed by atoms with Crippen molar-refractivity contribution in [3.05, 3.63) is 54.4 Å². The Morgan fingerprint density at radius 3 is 2.93 bits per heavy atom. The van der Waals surface area contributed by atoms with Gasteiger partial charge in [-0.05, 0) is 37.6 Å². The minimum Gasteiger partial charge on any atom is -0.467 e. The second-order valence-electron chi connectivity index (χ2n) is 6.82. The van der Waals surface area contributed by atoms with E-state index in [1.165, 1.54) is 6.26 Å². The summed E-state index contributed by atoms with van der Waals surface area (Å²) in [5.74, 6) is 0.525. The van der Waals surface area contributed by atoms with Crippen LogP contribution in [0.15, 0.2) is 47.2 Å². The smallest absolute Gasteiger partial charge is 0.325 e. The van der Waals surface area contributed by atoms with Gasteiger partial charge < -0.3 is 15.1 Å². The minimum atomic E-state index is -0.729. The molecule has 2 N–H and O–H groups in total. The number of fused-ring (bicyclic) bond motifs is 1. The number of rotatable bonds is 7. The van der Waals surface area contributed by atoms with Gasteiger partial charge in [0.25, 0.3) is 5.91 Å². The highest BCUT2D eigenvalue weighted by molar-refractivity contribution is 6.04. The molecule has 0 spiro atoms. The third-order valence-electron chi connectivity index (χ3n) is 4.77. The van der Waals surface area contributed by atoms with Gasteiger partial charge in [-0.1, -0.05) is 6.07 Å². The maximum atomic E-state index is 12.5. The minimum absolute atomic E-state index is 0.0668. The molecule has 3 aromatic heterocycles. The summed E-state index contributed by atoms with van der Waals surface area (Å²) in [6.45, 7) is 1.88. The van der Waals surface area contributed by atoms with E-state index < -0.39 is 12.1 Å². The van der Waals surface area contributed by atoms with Crippen LogP contribution < -0.4 is 10.6 Å². The van der Waals surface area contributed by atoms with Crippen molar-refractivity contribution >= 4 is 23.5 Å². The van der Waals surface area contributed by atoms with Crippen molar-refractivity contribution in [2.24, 2.45) is 0 Å². The van der Waals surface area contributed by atoms with Crippen LogP contribution in [-0.4, -0.2) is 43.4 Å². The van der Waals surface area contributed by atoms with Gasteiger partial charge in [-0.15, -0.1) is 10.2 Å². The predicted molar refractivity (Wildman–Crippen MR) is 100 cm³/mol. The number of carbonyl (C=O) groups excluding carboxylic acids is 3. The molecule has 1 aliphatic heterocycles. The Bertz CT molecular complexity index is 1040. The molecule has 10 nitrogen and oxygen atoms in total. The van der Waals surface area contributed by atoms with Gasteiger partial charge in [0.1, 0.15) is 11.8 Å². The molecule has 0 aliphatic carbocycles. The first-order valence-electron chi connectivity index (χ1n) is 9.26. The van der Waals surface area contributed by atoms with Gasteiger partial charge in [0.05, 0.1) is 18.8 Å². The molecule has 29 heavy (non-hydrogen) atoms. The van der Waals surface area contributed by atoms with E-state index in [0.717, 1.165) is 4.90 Å². The quantitative estimate of drug-likeness (QED) is 0.582. The highest BCUT2D eigenvalue weighted by atomic mass is 16.3.